The number of nitrogens with zero attached hydrogens (tertiary/aromatic N) is 2. The standard InChI is InChI=1S/C14H24N4O/c1-10(2)11-12(15-4)16-9-17-13(11)18-14(3)6-5-7-19-8-14/h9-10H,5-8H2,1-4H3,(H2,15,16,17,18). The molecule has 1 aliphatic heterocycles. The molecule has 2 N–H and O–H groups in total. The summed E-state index contributed by atoms with van der Waals surface area (Å²) in [5.41, 5.74) is 1.10. The molecule has 5 nitrogen and oxygen atoms in total. The van der Waals surface area contributed by atoms with Crippen LogP contribution < -0.4 is 10.6 Å². The third-order valence-electron chi connectivity index (χ3n) is 3.56. The van der Waals surface area contributed by atoms with E-state index in [2.05, 4.69) is 41.4 Å². The lowest BCUT2D eigenvalue weighted by atomic mass is 9.94. The van der Waals surface area contributed by atoms with E-state index < -0.39 is 0 Å². The first-order valence-corrected chi connectivity index (χ1v) is 6.94. The predicted molar refractivity (Wildman–Crippen MR) is 77.7 cm³/mol. The molecule has 0 saturated carbocycles. The summed E-state index contributed by atoms with van der Waals surface area (Å²) >= 11 is 0. The van der Waals surface area contributed by atoms with E-state index in [4.69, 9.17) is 4.74 Å². The van der Waals surface area contributed by atoms with Gasteiger partial charge in [0.25, 0.3) is 0 Å². The Labute approximate surface area is 115 Å². The van der Waals surface area contributed by atoms with Gasteiger partial charge in [-0.15, -0.1) is 0 Å². The van der Waals surface area contributed by atoms with Gasteiger partial charge in [-0.25, -0.2) is 9.97 Å². The van der Waals surface area contributed by atoms with E-state index in [-0.39, 0.29) is 5.54 Å². The fourth-order valence-electron chi connectivity index (χ4n) is 2.56. The monoisotopic (exact) mass is 264 g/mol. The number of rotatable bonds is 4. The number of anilines is 2. The van der Waals surface area contributed by atoms with Crippen LogP contribution in [-0.2, 0) is 4.74 Å². The number of nitrogens with one attached hydrogen (secondary N) is 2. The molecule has 1 unspecified atom stereocenters. The summed E-state index contributed by atoms with van der Waals surface area (Å²) in [5, 5.41) is 6.71. The third kappa shape index (κ3) is 3.15. The summed E-state index contributed by atoms with van der Waals surface area (Å²) in [5.74, 6) is 2.18. The van der Waals surface area contributed by atoms with Crippen LogP contribution in [-0.4, -0.2) is 35.8 Å². The van der Waals surface area contributed by atoms with E-state index in [1.807, 2.05) is 7.05 Å². The first-order valence-electron chi connectivity index (χ1n) is 6.94. The average molecular weight is 264 g/mol. The largest absolute Gasteiger partial charge is 0.379 e. The Morgan fingerprint density at radius 1 is 1.32 bits per heavy atom. The molecule has 2 heterocycles. The number of hydrogen-bond donors (Lipinski definition) is 2. The smallest absolute Gasteiger partial charge is 0.135 e. The van der Waals surface area contributed by atoms with Crippen LogP contribution in [0.2, 0.25) is 0 Å². The topological polar surface area (TPSA) is 59.1 Å². The minimum absolute atomic E-state index is 0.0404. The molecule has 5 heteroatoms. The van der Waals surface area contributed by atoms with Gasteiger partial charge in [-0.3, -0.25) is 0 Å². The van der Waals surface area contributed by atoms with E-state index >= 15 is 0 Å². The van der Waals surface area contributed by atoms with Gasteiger partial charge < -0.3 is 15.4 Å². The molecule has 106 valence electrons. The summed E-state index contributed by atoms with van der Waals surface area (Å²) in [4.78, 5) is 8.73. The van der Waals surface area contributed by atoms with Crippen LogP contribution in [0.3, 0.4) is 0 Å². The predicted octanol–water partition coefficient (Wildman–Crippen LogP) is 2.62. The lowest BCUT2D eigenvalue weighted by Crippen LogP contribution is -2.43. The van der Waals surface area contributed by atoms with Crippen molar-refractivity contribution in [2.75, 3.05) is 30.9 Å². The minimum Gasteiger partial charge on any atom is -0.379 e. The van der Waals surface area contributed by atoms with Crippen LogP contribution in [0.1, 0.15) is 45.1 Å². The summed E-state index contributed by atoms with van der Waals surface area (Å²) in [7, 11) is 1.89. The lowest BCUT2D eigenvalue weighted by Gasteiger charge is -2.35. The Hall–Kier alpha value is -1.36. The van der Waals surface area contributed by atoms with Crippen molar-refractivity contribution in [3.63, 3.8) is 0 Å². The number of hydrogen-bond acceptors (Lipinski definition) is 5. The molecule has 1 aliphatic rings. The van der Waals surface area contributed by atoms with Gasteiger partial charge in [0.05, 0.1) is 12.1 Å². The molecule has 0 bridgehead atoms. The maximum atomic E-state index is 5.59. The minimum atomic E-state index is -0.0404. The molecule has 0 radical (unpaired) electrons. The van der Waals surface area contributed by atoms with Crippen LogP contribution in [0.4, 0.5) is 11.6 Å². The maximum Gasteiger partial charge on any atom is 0.135 e. The third-order valence-corrected chi connectivity index (χ3v) is 3.56. The zero-order chi connectivity index (χ0) is 13.9. The zero-order valence-corrected chi connectivity index (χ0v) is 12.3. The first kappa shape index (κ1) is 14.1. The van der Waals surface area contributed by atoms with E-state index in [1.54, 1.807) is 6.33 Å². The van der Waals surface area contributed by atoms with E-state index in [0.29, 0.717) is 5.92 Å². The van der Waals surface area contributed by atoms with Crippen molar-refractivity contribution < 1.29 is 4.74 Å². The molecule has 1 fully saturated rings. The average Bonchev–Trinajstić information content (AvgIpc) is 2.38. The Kier molecular flexibility index (Phi) is 4.24. The van der Waals surface area contributed by atoms with Gasteiger partial charge in [0.15, 0.2) is 0 Å². The molecule has 1 aromatic heterocycles. The summed E-state index contributed by atoms with van der Waals surface area (Å²) in [6.07, 6.45) is 3.79. The van der Waals surface area contributed by atoms with Gasteiger partial charge in [-0.2, -0.15) is 0 Å². The highest BCUT2D eigenvalue weighted by molar-refractivity contribution is 5.59. The summed E-state index contributed by atoms with van der Waals surface area (Å²) in [6.45, 7) is 8.09. The second-order valence-electron chi connectivity index (χ2n) is 5.73. The molecule has 0 aromatic carbocycles. The molecule has 0 aliphatic carbocycles. The van der Waals surface area contributed by atoms with Crippen molar-refractivity contribution in [1.82, 2.24) is 9.97 Å². The molecule has 19 heavy (non-hydrogen) atoms. The Morgan fingerprint density at radius 2 is 2.05 bits per heavy atom. The fourth-order valence-corrected chi connectivity index (χ4v) is 2.56. The molecule has 1 atom stereocenters. The van der Waals surface area contributed by atoms with Crippen molar-refractivity contribution in [1.29, 1.82) is 0 Å². The van der Waals surface area contributed by atoms with E-state index in [0.717, 1.165) is 43.3 Å². The molecule has 1 aromatic rings. The number of aromatic nitrogens is 2. The Morgan fingerprint density at radius 3 is 2.63 bits per heavy atom. The second-order valence-corrected chi connectivity index (χ2v) is 5.73. The molecule has 1 saturated heterocycles. The van der Waals surface area contributed by atoms with Gasteiger partial charge in [-0.05, 0) is 25.7 Å². The normalized spacial score (nSPS) is 23.4. The van der Waals surface area contributed by atoms with E-state index in [9.17, 15) is 0 Å². The maximum absolute atomic E-state index is 5.59. The lowest BCUT2D eigenvalue weighted by molar-refractivity contribution is 0.0538. The van der Waals surface area contributed by atoms with Crippen LogP contribution in [0.5, 0.6) is 0 Å². The van der Waals surface area contributed by atoms with Crippen molar-refractivity contribution in [3.05, 3.63) is 11.9 Å². The second kappa shape index (κ2) is 5.74. The molecule has 0 amide bonds. The highest BCUT2D eigenvalue weighted by Crippen LogP contribution is 2.31. The van der Waals surface area contributed by atoms with Gasteiger partial charge in [0.2, 0.25) is 0 Å². The van der Waals surface area contributed by atoms with Crippen molar-refractivity contribution in [2.45, 2.75) is 45.1 Å². The zero-order valence-electron chi connectivity index (χ0n) is 12.3. The first-order chi connectivity index (χ1) is 9.06. The van der Waals surface area contributed by atoms with Crippen LogP contribution in [0.25, 0.3) is 0 Å². The summed E-state index contributed by atoms with van der Waals surface area (Å²) < 4.78 is 5.59. The van der Waals surface area contributed by atoms with E-state index in [1.165, 1.54) is 0 Å². The number of ether oxygens (including phenoxy) is 1. The van der Waals surface area contributed by atoms with Crippen LogP contribution in [0.15, 0.2) is 6.33 Å². The van der Waals surface area contributed by atoms with Crippen molar-refractivity contribution in [2.24, 2.45) is 0 Å². The van der Waals surface area contributed by atoms with Gasteiger partial charge in [-0.1, -0.05) is 13.8 Å². The summed E-state index contributed by atoms with van der Waals surface area (Å²) in [6, 6.07) is 0. The highest BCUT2D eigenvalue weighted by Gasteiger charge is 2.29. The van der Waals surface area contributed by atoms with Crippen molar-refractivity contribution in [3.8, 4) is 0 Å². The molecular formula is C14H24N4O. The van der Waals surface area contributed by atoms with Gasteiger partial charge >= 0.3 is 0 Å². The van der Waals surface area contributed by atoms with Gasteiger partial charge in [0, 0.05) is 19.2 Å². The highest BCUT2D eigenvalue weighted by atomic mass is 16.5. The van der Waals surface area contributed by atoms with Crippen LogP contribution in [0, 0.1) is 0 Å². The van der Waals surface area contributed by atoms with Crippen molar-refractivity contribution >= 4 is 11.6 Å². The molecule has 0 spiro atoms. The molecular weight excluding hydrogens is 240 g/mol. The van der Waals surface area contributed by atoms with Gasteiger partial charge in [0.1, 0.15) is 18.0 Å². The van der Waals surface area contributed by atoms with Crippen LogP contribution >= 0.6 is 0 Å². The Bertz CT molecular complexity index is 427. The fraction of sp³-hybridized carbons (Fsp3) is 0.714. The SMILES string of the molecule is CNc1ncnc(NC2(C)CCCOC2)c1C(C)C. The molecule has 2 rings (SSSR count). The Balaban J connectivity index is 2.28. The quantitative estimate of drug-likeness (QED) is 0.875.